The van der Waals surface area contributed by atoms with Crippen molar-refractivity contribution < 1.29 is 9.53 Å². The van der Waals surface area contributed by atoms with E-state index >= 15 is 0 Å². The second-order valence-electron chi connectivity index (χ2n) is 3.51. The molecular weight excluding hydrogens is 216 g/mol. The zero-order valence-corrected chi connectivity index (χ0v) is 10.1. The number of hydrogen-bond acceptors (Lipinski definition) is 4. The number of anilines is 1. The smallest absolute Gasteiger partial charge is 0.339 e. The standard InChI is InChI=1S/C13H18N2O2/c1-3-5-6-9-14-12-8-7-11(10-15-12)13(16)17-4-2/h3,7-8,10H,1,4-6,9H2,2H3,(H,14,15). The highest BCUT2D eigenvalue weighted by atomic mass is 16.5. The Morgan fingerprint density at radius 2 is 2.41 bits per heavy atom. The van der Waals surface area contributed by atoms with Gasteiger partial charge in [0.25, 0.3) is 0 Å². The number of unbranched alkanes of at least 4 members (excludes halogenated alkanes) is 1. The molecule has 4 nitrogen and oxygen atoms in total. The quantitative estimate of drug-likeness (QED) is 0.447. The second kappa shape index (κ2) is 7.44. The van der Waals surface area contributed by atoms with Gasteiger partial charge in [-0.15, -0.1) is 6.58 Å². The molecule has 1 aromatic heterocycles. The third-order valence-electron chi connectivity index (χ3n) is 2.17. The van der Waals surface area contributed by atoms with Crippen LogP contribution >= 0.6 is 0 Å². The Morgan fingerprint density at radius 3 is 3.00 bits per heavy atom. The van der Waals surface area contributed by atoms with E-state index in [-0.39, 0.29) is 5.97 Å². The fourth-order valence-corrected chi connectivity index (χ4v) is 1.30. The maximum absolute atomic E-state index is 11.4. The van der Waals surface area contributed by atoms with Crippen LogP contribution in [0.5, 0.6) is 0 Å². The third kappa shape index (κ3) is 4.68. The highest BCUT2D eigenvalue weighted by Crippen LogP contribution is 2.06. The predicted molar refractivity (Wildman–Crippen MR) is 68.1 cm³/mol. The number of allylic oxidation sites excluding steroid dienone is 1. The van der Waals surface area contributed by atoms with E-state index in [1.165, 1.54) is 6.20 Å². The number of carbonyl (C=O) groups excluding carboxylic acids is 1. The van der Waals surface area contributed by atoms with Gasteiger partial charge in [0.05, 0.1) is 12.2 Å². The Balaban J connectivity index is 2.44. The van der Waals surface area contributed by atoms with Gasteiger partial charge in [0.2, 0.25) is 0 Å². The highest BCUT2D eigenvalue weighted by Gasteiger charge is 2.05. The van der Waals surface area contributed by atoms with Gasteiger partial charge in [-0.3, -0.25) is 0 Å². The summed E-state index contributed by atoms with van der Waals surface area (Å²) in [6.45, 7) is 6.66. The number of nitrogens with zero attached hydrogens (tertiary/aromatic N) is 1. The molecule has 1 heterocycles. The lowest BCUT2D eigenvalue weighted by Gasteiger charge is -2.05. The first-order valence-corrected chi connectivity index (χ1v) is 5.76. The van der Waals surface area contributed by atoms with E-state index in [0.717, 1.165) is 25.2 Å². The fraction of sp³-hybridized carbons (Fsp3) is 0.385. The van der Waals surface area contributed by atoms with Gasteiger partial charge in [0.15, 0.2) is 0 Å². The van der Waals surface area contributed by atoms with Crippen LogP contribution in [-0.2, 0) is 4.74 Å². The average Bonchev–Trinajstić information content (AvgIpc) is 2.36. The first-order chi connectivity index (χ1) is 8.27. The normalized spacial score (nSPS) is 9.71. The van der Waals surface area contributed by atoms with Crippen LogP contribution in [0.2, 0.25) is 0 Å². The van der Waals surface area contributed by atoms with Crippen molar-refractivity contribution in [3.63, 3.8) is 0 Å². The molecule has 17 heavy (non-hydrogen) atoms. The summed E-state index contributed by atoms with van der Waals surface area (Å²) in [5, 5.41) is 3.17. The molecule has 0 atom stereocenters. The van der Waals surface area contributed by atoms with Crippen molar-refractivity contribution >= 4 is 11.8 Å². The van der Waals surface area contributed by atoms with Crippen LogP contribution in [-0.4, -0.2) is 24.1 Å². The van der Waals surface area contributed by atoms with Gasteiger partial charge in [0.1, 0.15) is 5.82 Å². The van der Waals surface area contributed by atoms with E-state index in [0.29, 0.717) is 12.2 Å². The van der Waals surface area contributed by atoms with Crippen molar-refractivity contribution in [2.45, 2.75) is 19.8 Å². The van der Waals surface area contributed by atoms with Gasteiger partial charge < -0.3 is 10.1 Å². The molecule has 0 spiro atoms. The topological polar surface area (TPSA) is 51.2 Å². The van der Waals surface area contributed by atoms with E-state index < -0.39 is 0 Å². The predicted octanol–water partition coefficient (Wildman–Crippen LogP) is 2.64. The summed E-state index contributed by atoms with van der Waals surface area (Å²) >= 11 is 0. The molecule has 4 heteroatoms. The lowest BCUT2D eigenvalue weighted by atomic mass is 10.3. The van der Waals surface area contributed by atoms with Gasteiger partial charge in [-0.2, -0.15) is 0 Å². The summed E-state index contributed by atoms with van der Waals surface area (Å²) in [5.41, 5.74) is 0.475. The van der Waals surface area contributed by atoms with Gasteiger partial charge in [-0.25, -0.2) is 9.78 Å². The molecule has 0 amide bonds. The molecule has 1 aromatic rings. The second-order valence-corrected chi connectivity index (χ2v) is 3.51. The molecule has 0 fully saturated rings. The lowest BCUT2D eigenvalue weighted by molar-refractivity contribution is 0.0526. The van der Waals surface area contributed by atoms with E-state index in [1.54, 1.807) is 19.1 Å². The summed E-state index contributed by atoms with van der Waals surface area (Å²) < 4.78 is 4.87. The Hall–Kier alpha value is -1.84. The minimum Gasteiger partial charge on any atom is -0.462 e. The maximum atomic E-state index is 11.4. The summed E-state index contributed by atoms with van der Waals surface area (Å²) in [4.78, 5) is 15.5. The minimum atomic E-state index is -0.335. The fourth-order valence-electron chi connectivity index (χ4n) is 1.30. The van der Waals surface area contributed by atoms with E-state index in [2.05, 4.69) is 16.9 Å². The molecule has 0 saturated heterocycles. The van der Waals surface area contributed by atoms with Crippen molar-refractivity contribution in [1.82, 2.24) is 4.98 Å². The molecule has 0 saturated carbocycles. The SMILES string of the molecule is C=CCCCNc1ccc(C(=O)OCC)cn1. The third-order valence-corrected chi connectivity index (χ3v) is 2.17. The first kappa shape index (κ1) is 13.2. The van der Waals surface area contributed by atoms with Crippen LogP contribution in [0.3, 0.4) is 0 Å². The van der Waals surface area contributed by atoms with Gasteiger partial charge in [0, 0.05) is 12.7 Å². The Labute approximate surface area is 102 Å². The molecule has 1 rings (SSSR count). The van der Waals surface area contributed by atoms with Crippen LogP contribution in [0.25, 0.3) is 0 Å². The number of ether oxygens (including phenoxy) is 1. The largest absolute Gasteiger partial charge is 0.462 e. The Morgan fingerprint density at radius 1 is 1.59 bits per heavy atom. The lowest BCUT2D eigenvalue weighted by Crippen LogP contribution is -2.07. The van der Waals surface area contributed by atoms with E-state index in [9.17, 15) is 4.79 Å². The van der Waals surface area contributed by atoms with Crippen LogP contribution in [0.4, 0.5) is 5.82 Å². The number of carbonyl (C=O) groups is 1. The Kier molecular flexibility index (Phi) is 5.79. The molecule has 1 N–H and O–H groups in total. The molecule has 0 aliphatic carbocycles. The van der Waals surface area contributed by atoms with Gasteiger partial charge >= 0.3 is 5.97 Å². The molecule has 0 aromatic carbocycles. The number of pyridine rings is 1. The zero-order valence-electron chi connectivity index (χ0n) is 10.1. The first-order valence-electron chi connectivity index (χ1n) is 5.76. The van der Waals surface area contributed by atoms with Crippen molar-refractivity contribution in [1.29, 1.82) is 0 Å². The van der Waals surface area contributed by atoms with Crippen molar-refractivity contribution in [2.75, 3.05) is 18.5 Å². The van der Waals surface area contributed by atoms with Crippen molar-refractivity contribution in [2.24, 2.45) is 0 Å². The van der Waals surface area contributed by atoms with Crippen molar-refractivity contribution in [3.05, 3.63) is 36.5 Å². The van der Waals surface area contributed by atoms with Crippen LogP contribution in [0.1, 0.15) is 30.1 Å². The monoisotopic (exact) mass is 234 g/mol. The van der Waals surface area contributed by atoms with Crippen LogP contribution in [0, 0.1) is 0 Å². The number of rotatable bonds is 7. The highest BCUT2D eigenvalue weighted by molar-refractivity contribution is 5.89. The number of hydrogen-bond donors (Lipinski definition) is 1. The Bertz CT molecular complexity index is 360. The number of esters is 1. The average molecular weight is 234 g/mol. The summed E-state index contributed by atoms with van der Waals surface area (Å²) in [5.74, 6) is 0.431. The van der Waals surface area contributed by atoms with Crippen LogP contribution in [0.15, 0.2) is 31.0 Å². The van der Waals surface area contributed by atoms with E-state index in [1.807, 2.05) is 6.08 Å². The van der Waals surface area contributed by atoms with Crippen LogP contribution < -0.4 is 5.32 Å². The van der Waals surface area contributed by atoms with Crippen molar-refractivity contribution in [3.8, 4) is 0 Å². The maximum Gasteiger partial charge on any atom is 0.339 e. The molecule has 0 unspecified atom stereocenters. The summed E-state index contributed by atoms with van der Waals surface area (Å²) in [6.07, 6.45) is 5.41. The number of nitrogens with one attached hydrogen (secondary N) is 1. The molecule has 0 radical (unpaired) electrons. The summed E-state index contributed by atoms with van der Waals surface area (Å²) in [7, 11) is 0. The zero-order chi connectivity index (χ0) is 12.5. The molecule has 0 aliphatic rings. The van der Waals surface area contributed by atoms with Gasteiger partial charge in [-0.05, 0) is 31.9 Å². The molecule has 0 bridgehead atoms. The minimum absolute atomic E-state index is 0.335. The molecular formula is C13H18N2O2. The molecule has 92 valence electrons. The summed E-state index contributed by atoms with van der Waals surface area (Å²) in [6, 6.07) is 3.49. The van der Waals surface area contributed by atoms with Gasteiger partial charge in [-0.1, -0.05) is 6.08 Å². The van der Waals surface area contributed by atoms with E-state index in [4.69, 9.17) is 4.74 Å². The number of aromatic nitrogens is 1. The molecule has 0 aliphatic heterocycles.